The molecule has 4 heteroatoms. The Balaban J connectivity index is 1.88. The lowest BCUT2D eigenvalue weighted by Gasteiger charge is -2.19. The number of anilines is 3. The normalized spacial score (nSPS) is 13.1. The summed E-state index contributed by atoms with van der Waals surface area (Å²) in [6.45, 7) is 2.92. The standard InChI is InChI=1S/C16H20N4/c1-3-17-15-10-16(19-11-18-15)20(2)14-8-7-12-5-4-6-13(12)9-14/h7-11H,3-6H2,1-2H3,(H,17,18,19). The van der Waals surface area contributed by atoms with Crippen LogP contribution in [-0.4, -0.2) is 23.6 Å². The molecular formula is C16H20N4. The number of aryl methyl sites for hydroxylation is 2. The van der Waals surface area contributed by atoms with Crippen LogP contribution in [0.4, 0.5) is 17.3 Å². The van der Waals surface area contributed by atoms with Crippen LogP contribution in [0, 0.1) is 0 Å². The molecule has 0 unspecified atom stereocenters. The van der Waals surface area contributed by atoms with E-state index in [9.17, 15) is 0 Å². The molecule has 0 spiro atoms. The topological polar surface area (TPSA) is 41.0 Å². The Morgan fingerprint density at radius 2 is 2.00 bits per heavy atom. The first kappa shape index (κ1) is 12.9. The van der Waals surface area contributed by atoms with Gasteiger partial charge in [0.25, 0.3) is 0 Å². The van der Waals surface area contributed by atoms with E-state index in [2.05, 4.69) is 52.4 Å². The second-order valence-corrected chi connectivity index (χ2v) is 5.16. The maximum absolute atomic E-state index is 4.37. The third-order valence-corrected chi connectivity index (χ3v) is 3.82. The van der Waals surface area contributed by atoms with Crippen molar-refractivity contribution in [1.82, 2.24) is 9.97 Å². The summed E-state index contributed by atoms with van der Waals surface area (Å²) in [6, 6.07) is 8.70. The zero-order valence-corrected chi connectivity index (χ0v) is 12.1. The molecule has 0 aliphatic heterocycles. The van der Waals surface area contributed by atoms with Crippen LogP contribution in [0.1, 0.15) is 24.5 Å². The number of benzene rings is 1. The Bertz CT molecular complexity index is 609. The maximum atomic E-state index is 4.37. The first-order valence-corrected chi connectivity index (χ1v) is 7.19. The number of fused-ring (bicyclic) bond motifs is 1. The molecule has 0 amide bonds. The van der Waals surface area contributed by atoms with E-state index in [-0.39, 0.29) is 0 Å². The molecule has 0 saturated heterocycles. The Labute approximate surface area is 119 Å². The molecule has 0 fully saturated rings. The first-order chi connectivity index (χ1) is 9.78. The Hall–Kier alpha value is -2.10. The number of aromatic nitrogens is 2. The monoisotopic (exact) mass is 268 g/mol. The smallest absolute Gasteiger partial charge is 0.138 e. The molecule has 3 rings (SSSR count). The highest BCUT2D eigenvalue weighted by Crippen LogP contribution is 2.29. The second kappa shape index (κ2) is 5.49. The average Bonchev–Trinajstić information content (AvgIpc) is 2.94. The van der Waals surface area contributed by atoms with Crippen molar-refractivity contribution in [1.29, 1.82) is 0 Å². The largest absolute Gasteiger partial charge is 0.370 e. The summed E-state index contributed by atoms with van der Waals surface area (Å²) >= 11 is 0. The molecule has 2 aromatic rings. The minimum Gasteiger partial charge on any atom is -0.370 e. The minimum absolute atomic E-state index is 0.860. The van der Waals surface area contributed by atoms with Crippen molar-refractivity contribution in [2.45, 2.75) is 26.2 Å². The van der Waals surface area contributed by atoms with Gasteiger partial charge in [-0.15, -0.1) is 0 Å². The molecule has 0 radical (unpaired) electrons. The van der Waals surface area contributed by atoms with Gasteiger partial charge in [-0.3, -0.25) is 0 Å². The third-order valence-electron chi connectivity index (χ3n) is 3.82. The fourth-order valence-electron chi connectivity index (χ4n) is 2.71. The molecule has 4 nitrogen and oxygen atoms in total. The predicted molar refractivity (Wildman–Crippen MR) is 82.7 cm³/mol. The van der Waals surface area contributed by atoms with Crippen LogP contribution >= 0.6 is 0 Å². The second-order valence-electron chi connectivity index (χ2n) is 5.16. The van der Waals surface area contributed by atoms with Crippen molar-refractivity contribution in [3.8, 4) is 0 Å². The minimum atomic E-state index is 0.860. The van der Waals surface area contributed by atoms with Crippen LogP contribution in [0.3, 0.4) is 0 Å². The van der Waals surface area contributed by atoms with Gasteiger partial charge in [0.15, 0.2) is 0 Å². The van der Waals surface area contributed by atoms with E-state index in [0.717, 1.165) is 18.2 Å². The van der Waals surface area contributed by atoms with E-state index < -0.39 is 0 Å². The van der Waals surface area contributed by atoms with Crippen molar-refractivity contribution in [3.05, 3.63) is 41.7 Å². The zero-order chi connectivity index (χ0) is 13.9. The molecule has 104 valence electrons. The number of hydrogen-bond acceptors (Lipinski definition) is 4. The highest BCUT2D eigenvalue weighted by Gasteiger charge is 2.13. The van der Waals surface area contributed by atoms with Crippen molar-refractivity contribution in [2.24, 2.45) is 0 Å². The Morgan fingerprint density at radius 1 is 1.15 bits per heavy atom. The van der Waals surface area contributed by atoms with Gasteiger partial charge in [-0.1, -0.05) is 6.07 Å². The van der Waals surface area contributed by atoms with Gasteiger partial charge in [0.1, 0.15) is 18.0 Å². The number of rotatable bonds is 4. The fraction of sp³-hybridized carbons (Fsp3) is 0.375. The van der Waals surface area contributed by atoms with E-state index in [4.69, 9.17) is 0 Å². The van der Waals surface area contributed by atoms with Gasteiger partial charge in [-0.2, -0.15) is 0 Å². The number of nitrogens with one attached hydrogen (secondary N) is 1. The summed E-state index contributed by atoms with van der Waals surface area (Å²) in [5.41, 5.74) is 4.17. The molecule has 1 aromatic heterocycles. The van der Waals surface area contributed by atoms with Crippen molar-refractivity contribution < 1.29 is 0 Å². The molecule has 1 aliphatic rings. The van der Waals surface area contributed by atoms with E-state index in [1.165, 1.54) is 36.1 Å². The van der Waals surface area contributed by atoms with Crippen LogP contribution < -0.4 is 10.2 Å². The third kappa shape index (κ3) is 2.46. The maximum Gasteiger partial charge on any atom is 0.138 e. The number of nitrogens with zero attached hydrogens (tertiary/aromatic N) is 3. The van der Waals surface area contributed by atoms with E-state index in [1.54, 1.807) is 6.33 Å². The van der Waals surface area contributed by atoms with Crippen LogP contribution in [0.15, 0.2) is 30.6 Å². The van der Waals surface area contributed by atoms with E-state index >= 15 is 0 Å². The summed E-state index contributed by atoms with van der Waals surface area (Å²) in [5.74, 6) is 1.78. The highest BCUT2D eigenvalue weighted by molar-refractivity contribution is 5.63. The van der Waals surface area contributed by atoms with Gasteiger partial charge in [-0.05, 0) is 49.4 Å². The lowest BCUT2D eigenvalue weighted by Crippen LogP contribution is -2.12. The molecule has 0 atom stereocenters. The Morgan fingerprint density at radius 3 is 2.85 bits per heavy atom. The molecule has 1 N–H and O–H groups in total. The zero-order valence-electron chi connectivity index (χ0n) is 12.1. The first-order valence-electron chi connectivity index (χ1n) is 7.19. The van der Waals surface area contributed by atoms with Crippen LogP contribution in [0.25, 0.3) is 0 Å². The predicted octanol–water partition coefficient (Wildman–Crippen LogP) is 3.17. The summed E-state index contributed by atoms with van der Waals surface area (Å²) in [4.78, 5) is 10.7. The van der Waals surface area contributed by atoms with Gasteiger partial charge in [0.05, 0.1) is 0 Å². The summed E-state index contributed by atoms with van der Waals surface area (Å²) in [6.07, 6.45) is 5.30. The Kier molecular flexibility index (Phi) is 3.54. The lowest BCUT2D eigenvalue weighted by atomic mass is 10.1. The highest BCUT2D eigenvalue weighted by atomic mass is 15.2. The SMILES string of the molecule is CCNc1cc(N(C)c2ccc3c(c2)CCC3)ncn1. The molecule has 0 bridgehead atoms. The van der Waals surface area contributed by atoms with Gasteiger partial charge < -0.3 is 10.2 Å². The molecule has 1 heterocycles. The van der Waals surface area contributed by atoms with E-state index in [1.807, 2.05) is 6.07 Å². The number of hydrogen-bond donors (Lipinski definition) is 1. The van der Waals surface area contributed by atoms with E-state index in [0.29, 0.717) is 0 Å². The fourth-order valence-corrected chi connectivity index (χ4v) is 2.71. The molecule has 1 aromatic carbocycles. The van der Waals surface area contributed by atoms with Crippen molar-refractivity contribution in [2.75, 3.05) is 23.8 Å². The van der Waals surface area contributed by atoms with Crippen LogP contribution in [-0.2, 0) is 12.8 Å². The summed E-state index contributed by atoms with van der Waals surface area (Å²) < 4.78 is 0. The molecule has 20 heavy (non-hydrogen) atoms. The summed E-state index contributed by atoms with van der Waals surface area (Å²) in [5, 5.41) is 3.22. The summed E-state index contributed by atoms with van der Waals surface area (Å²) in [7, 11) is 2.05. The molecular weight excluding hydrogens is 248 g/mol. The van der Waals surface area contributed by atoms with Gasteiger partial charge in [0.2, 0.25) is 0 Å². The van der Waals surface area contributed by atoms with Crippen molar-refractivity contribution in [3.63, 3.8) is 0 Å². The van der Waals surface area contributed by atoms with Gasteiger partial charge >= 0.3 is 0 Å². The van der Waals surface area contributed by atoms with Crippen LogP contribution in [0.5, 0.6) is 0 Å². The lowest BCUT2D eigenvalue weighted by molar-refractivity contribution is 0.911. The van der Waals surface area contributed by atoms with Gasteiger partial charge in [-0.25, -0.2) is 9.97 Å². The van der Waals surface area contributed by atoms with Gasteiger partial charge in [0, 0.05) is 25.3 Å². The van der Waals surface area contributed by atoms with Crippen molar-refractivity contribution >= 4 is 17.3 Å². The quantitative estimate of drug-likeness (QED) is 0.924. The molecule has 0 saturated carbocycles. The average molecular weight is 268 g/mol. The van der Waals surface area contributed by atoms with Crippen LogP contribution in [0.2, 0.25) is 0 Å². The molecule has 1 aliphatic carbocycles.